The fourth-order valence-electron chi connectivity index (χ4n) is 0.636. The summed E-state index contributed by atoms with van der Waals surface area (Å²) in [5.41, 5.74) is -1.05. The molecule has 1 unspecified atom stereocenters. The number of halogens is 7. The summed E-state index contributed by atoms with van der Waals surface area (Å²) in [6.07, 6.45) is -16.4. The van der Waals surface area contributed by atoms with Gasteiger partial charge < -0.3 is 4.74 Å². The van der Waals surface area contributed by atoms with E-state index in [1.807, 2.05) is 0 Å². The van der Waals surface area contributed by atoms with E-state index in [0.29, 0.717) is 0 Å². The summed E-state index contributed by atoms with van der Waals surface area (Å²) in [5, 5.41) is 0. The standard InChI is InChI=1S/C8H7F7O2/c1-4(3-9)6(16)17-8(14,15)5(10)2-7(11,12)13/h5H,1-3H2. The van der Waals surface area contributed by atoms with Crippen LogP contribution in [0.5, 0.6) is 0 Å². The number of hydrogen-bond donors (Lipinski definition) is 0. The Morgan fingerprint density at radius 1 is 1.24 bits per heavy atom. The minimum absolute atomic E-state index is 1.05. The lowest BCUT2D eigenvalue weighted by atomic mass is 10.2. The van der Waals surface area contributed by atoms with Gasteiger partial charge in [0, 0.05) is 0 Å². The molecule has 0 aromatic carbocycles. The molecule has 0 aromatic rings. The van der Waals surface area contributed by atoms with Gasteiger partial charge in [0.1, 0.15) is 6.67 Å². The molecule has 0 heterocycles. The molecule has 9 heteroatoms. The van der Waals surface area contributed by atoms with Crippen LogP contribution in [0.25, 0.3) is 0 Å². The monoisotopic (exact) mass is 268 g/mol. The predicted molar refractivity (Wildman–Crippen MR) is 41.7 cm³/mol. The molecule has 0 fully saturated rings. The number of carbonyl (C=O) groups excluding carboxylic acids is 1. The molecule has 100 valence electrons. The normalized spacial score (nSPS) is 14.3. The number of alkyl halides is 7. The Balaban J connectivity index is 4.57. The first-order valence-corrected chi connectivity index (χ1v) is 4.05. The largest absolute Gasteiger partial charge is 0.432 e. The summed E-state index contributed by atoms with van der Waals surface area (Å²) in [6.45, 7) is 1.13. The lowest BCUT2D eigenvalue weighted by molar-refractivity contribution is -0.275. The number of hydrogen-bond acceptors (Lipinski definition) is 2. The second kappa shape index (κ2) is 5.37. The summed E-state index contributed by atoms with van der Waals surface area (Å²) in [5.74, 6) is -2.00. The Kier molecular flexibility index (Phi) is 4.96. The molecule has 0 rings (SSSR count). The summed E-state index contributed by atoms with van der Waals surface area (Å²) in [4.78, 5) is 10.6. The minimum Gasteiger partial charge on any atom is -0.395 e. The van der Waals surface area contributed by atoms with Crippen molar-refractivity contribution in [2.45, 2.75) is 24.9 Å². The van der Waals surface area contributed by atoms with E-state index in [1.54, 1.807) is 0 Å². The van der Waals surface area contributed by atoms with Gasteiger partial charge in [-0.1, -0.05) is 6.58 Å². The number of esters is 1. The minimum atomic E-state index is -5.19. The molecule has 0 aliphatic rings. The highest BCUT2D eigenvalue weighted by atomic mass is 19.4. The second-order valence-electron chi connectivity index (χ2n) is 2.98. The van der Waals surface area contributed by atoms with Gasteiger partial charge in [0.2, 0.25) is 6.17 Å². The molecule has 2 nitrogen and oxygen atoms in total. The van der Waals surface area contributed by atoms with Crippen LogP contribution in [0.2, 0.25) is 0 Å². The van der Waals surface area contributed by atoms with Crippen LogP contribution in [0.1, 0.15) is 6.42 Å². The van der Waals surface area contributed by atoms with E-state index in [2.05, 4.69) is 11.3 Å². The fraction of sp³-hybridized carbons (Fsp3) is 0.625. The zero-order valence-electron chi connectivity index (χ0n) is 8.16. The molecule has 0 radical (unpaired) electrons. The third-order valence-electron chi connectivity index (χ3n) is 1.45. The highest BCUT2D eigenvalue weighted by molar-refractivity contribution is 5.88. The van der Waals surface area contributed by atoms with E-state index in [1.165, 1.54) is 0 Å². The molecule has 0 aromatic heterocycles. The highest BCUT2D eigenvalue weighted by Gasteiger charge is 2.50. The summed E-state index contributed by atoms with van der Waals surface area (Å²) >= 11 is 0. The maximum atomic E-state index is 12.6. The van der Waals surface area contributed by atoms with Crippen molar-refractivity contribution in [1.82, 2.24) is 0 Å². The van der Waals surface area contributed by atoms with Crippen LogP contribution < -0.4 is 0 Å². The molecule has 0 bridgehead atoms. The van der Waals surface area contributed by atoms with Crippen LogP contribution in [0.15, 0.2) is 12.2 Å². The van der Waals surface area contributed by atoms with Gasteiger partial charge in [-0.25, -0.2) is 13.6 Å². The quantitative estimate of drug-likeness (QED) is 0.435. The van der Waals surface area contributed by atoms with E-state index in [9.17, 15) is 35.5 Å². The Morgan fingerprint density at radius 3 is 2.06 bits per heavy atom. The van der Waals surface area contributed by atoms with E-state index >= 15 is 0 Å². The molecule has 0 saturated heterocycles. The van der Waals surface area contributed by atoms with Gasteiger partial charge in [0.25, 0.3) is 0 Å². The van der Waals surface area contributed by atoms with Crippen LogP contribution in [0, 0.1) is 0 Å². The van der Waals surface area contributed by atoms with Crippen LogP contribution in [-0.4, -0.2) is 31.1 Å². The van der Waals surface area contributed by atoms with Crippen molar-refractivity contribution in [1.29, 1.82) is 0 Å². The Bertz CT molecular complexity index is 297. The first kappa shape index (κ1) is 15.7. The molecule has 0 spiro atoms. The van der Waals surface area contributed by atoms with Crippen molar-refractivity contribution >= 4 is 5.97 Å². The van der Waals surface area contributed by atoms with E-state index in [-0.39, 0.29) is 0 Å². The summed E-state index contributed by atoms with van der Waals surface area (Å²) in [6, 6.07) is 0. The fourth-order valence-corrected chi connectivity index (χ4v) is 0.636. The van der Waals surface area contributed by atoms with Gasteiger partial charge in [-0.05, 0) is 0 Å². The molecule has 0 amide bonds. The van der Waals surface area contributed by atoms with Crippen LogP contribution >= 0.6 is 0 Å². The van der Waals surface area contributed by atoms with Crippen molar-refractivity contribution in [2.24, 2.45) is 0 Å². The topological polar surface area (TPSA) is 26.3 Å². The molecular formula is C8H7F7O2. The van der Waals surface area contributed by atoms with Gasteiger partial charge in [0.15, 0.2) is 0 Å². The van der Waals surface area contributed by atoms with E-state index < -0.39 is 43.1 Å². The van der Waals surface area contributed by atoms with Gasteiger partial charge in [0.05, 0.1) is 12.0 Å². The van der Waals surface area contributed by atoms with E-state index in [4.69, 9.17) is 0 Å². The average Bonchev–Trinajstić information content (AvgIpc) is 2.13. The average molecular weight is 268 g/mol. The zero-order chi connectivity index (χ0) is 13.9. The maximum Gasteiger partial charge on any atom is 0.432 e. The number of carbonyl (C=O) groups is 1. The first-order valence-electron chi connectivity index (χ1n) is 4.05. The third kappa shape index (κ3) is 5.55. The number of rotatable bonds is 5. The van der Waals surface area contributed by atoms with Gasteiger partial charge in [-0.3, -0.25) is 0 Å². The van der Waals surface area contributed by atoms with Crippen LogP contribution in [-0.2, 0) is 9.53 Å². The SMILES string of the molecule is C=C(CF)C(=O)OC(F)(F)C(F)CC(F)(F)F. The zero-order valence-corrected chi connectivity index (χ0v) is 8.16. The smallest absolute Gasteiger partial charge is 0.395 e. The lowest BCUT2D eigenvalue weighted by Gasteiger charge is -2.21. The Morgan fingerprint density at radius 2 is 1.71 bits per heavy atom. The highest BCUT2D eigenvalue weighted by Crippen LogP contribution is 2.33. The van der Waals surface area contributed by atoms with Gasteiger partial charge in [-0.2, -0.15) is 22.0 Å². The predicted octanol–water partition coefficient (Wildman–Crippen LogP) is 2.94. The Hall–Kier alpha value is -1.28. The third-order valence-corrected chi connectivity index (χ3v) is 1.45. The summed E-state index contributed by atoms with van der Waals surface area (Å²) in [7, 11) is 0. The van der Waals surface area contributed by atoms with Crippen LogP contribution in [0.3, 0.4) is 0 Å². The molecule has 0 aliphatic heterocycles. The molecular weight excluding hydrogens is 261 g/mol. The van der Waals surface area contributed by atoms with Crippen molar-refractivity contribution in [3.8, 4) is 0 Å². The maximum absolute atomic E-state index is 12.6. The first-order chi connectivity index (χ1) is 7.49. The molecule has 0 saturated carbocycles. The van der Waals surface area contributed by atoms with E-state index in [0.717, 1.165) is 0 Å². The van der Waals surface area contributed by atoms with Crippen molar-refractivity contribution in [3.05, 3.63) is 12.2 Å². The lowest BCUT2D eigenvalue weighted by Crippen LogP contribution is -2.38. The van der Waals surface area contributed by atoms with Crippen LogP contribution in [0.4, 0.5) is 30.7 Å². The molecule has 1 atom stereocenters. The van der Waals surface area contributed by atoms with Crippen molar-refractivity contribution in [3.63, 3.8) is 0 Å². The molecule has 0 N–H and O–H groups in total. The second-order valence-corrected chi connectivity index (χ2v) is 2.98. The van der Waals surface area contributed by atoms with Crippen molar-refractivity contribution < 1.29 is 40.3 Å². The van der Waals surface area contributed by atoms with Crippen molar-refractivity contribution in [2.75, 3.05) is 6.67 Å². The number of ether oxygens (including phenoxy) is 1. The van der Waals surface area contributed by atoms with Gasteiger partial charge >= 0.3 is 18.3 Å². The van der Waals surface area contributed by atoms with Gasteiger partial charge in [-0.15, -0.1) is 0 Å². The molecule has 0 aliphatic carbocycles. The summed E-state index contributed by atoms with van der Waals surface area (Å²) < 4.78 is 87.5. The Labute approximate surface area is 91.0 Å². The molecule has 17 heavy (non-hydrogen) atoms.